The third-order valence-corrected chi connectivity index (χ3v) is 3.73. The number of nitrogens with zero attached hydrogens (tertiary/aromatic N) is 2. The number of thiazole rings is 1. The van der Waals surface area contributed by atoms with Crippen molar-refractivity contribution in [1.29, 1.82) is 0 Å². The molecule has 0 bridgehead atoms. The van der Waals surface area contributed by atoms with E-state index in [1.807, 2.05) is 6.92 Å². The van der Waals surface area contributed by atoms with Crippen LogP contribution < -0.4 is 10.9 Å². The first kappa shape index (κ1) is 11.3. The number of H-pyrrole nitrogens is 1. The van der Waals surface area contributed by atoms with Crippen LogP contribution >= 0.6 is 27.3 Å². The Labute approximate surface area is 104 Å². The highest BCUT2D eigenvalue weighted by Crippen LogP contribution is 2.17. The van der Waals surface area contributed by atoms with Gasteiger partial charge < -0.3 is 10.3 Å². The van der Waals surface area contributed by atoms with Crippen LogP contribution in [0, 0.1) is 6.92 Å². The van der Waals surface area contributed by atoms with Crippen LogP contribution in [-0.2, 0) is 6.54 Å². The Kier molecular flexibility index (Phi) is 3.35. The molecule has 0 aliphatic carbocycles. The van der Waals surface area contributed by atoms with E-state index < -0.39 is 0 Å². The Morgan fingerprint density at radius 3 is 3.06 bits per heavy atom. The zero-order valence-electron chi connectivity index (χ0n) is 8.45. The predicted molar refractivity (Wildman–Crippen MR) is 66.7 cm³/mol. The number of aromatic nitrogens is 3. The van der Waals surface area contributed by atoms with Crippen LogP contribution in [0.15, 0.2) is 21.1 Å². The highest BCUT2D eigenvalue weighted by atomic mass is 79.9. The fourth-order valence-corrected chi connectivity index (χ4v) is 2.24. The number of nitrogens with one attached hydrogen (secondary N) is 2. The monoisotopic (exact) mass is 300 g/mol. The van der Waals surface area contributed by atoms with E-state index in [-0.39, 0.29) is 5.56 Å². The van der Waals surface area contributed by atoms with Crippen LogP contribution in [0.4, 0.5) is 5.82 Å². The van der Waals surface area contributed by atoms with Gasteiger partial charge in [0, 0.05) is 4.88 Å². The highest BCUT2D eigenvalue weighted by Gasteiger charge is 2.06. The molecule has 0 saturated carbocycles. The second-order valence-corrected chi connectivity index (χ2v) is 4.84. The molecule has 0 fully saturated rings. The molecule has 5 nitrogen and oxygen atoms in total. The number of aryl methyl sites for hydroxylation is 1. The van der Waals surface area contributed by atoms with Crippen LogP contribution in [0.3, 0.4) is 0 Å². The van der Waals surface area contributed by atoms with E-state index in [4.69, 9.17) is 0 Å². The average Bonchev–Trinajstić information content (AvgIpc) is 2.67. The van der Waals surface area contributed by atoms with Gasteiger partial charge in [0.15, 0.2) is 0 Å². The van der Waals surface area contributed by atoms with Crippen molar-refractivity contribution in [1.82, 2.24) is 15.0 Å². The number of rotatable bonds is 3. The maximum Gasteiger partial charge on any atom is 0.267 e. The topological polar surface area (TPSA) is 70.7 Å². The quantitative estimate of drug-likeness (QED) is 0.908. The minimum atomic E-state index is -0.196. The first-order chi connectivity index (χ1) is 7.68. The fraction of sp³-hybridized carbons (Fsp3) is 0.222. The zero-order valence-corrected chi connectivity index (χ0v) is 10.9. The van der Waals surface area contributed by atoms with Gasteiger partial charge in [0.2, 0.25) is 0 Å². The van der Waals surface area contributed by atoms with Crippen molar-refractivity contribution in [3.8, 4) is 0 Å². The van der Waals surface area contributed by atoms with Crippen molar-refractivity contribution in [3.63, 3.8) is 0 Å². The maximum absolute atomic E-state index is 11.3. The van der Waals surface area contributed by atoms with E-state index >= 15 is 0 Å². The van der Waals surface area contributed by atoms with Gasteiger partial charge >= 0.3 is 0 Å². The molecule has 0 amide bonds. The van der Waals surface area contributed by atoms with E-state index in [1.54, 1.807) is 16.8 Å². The minimum Gasteiger partial charge on any atom is -0.364 e. The summed E-state index contributed by atoms with van der Waals surface area (Å²) in [7, 11) is 0. The molecule has 0 saturated heterocycles. The Bertz CT molecular complexity index is 550. The van der Waals surface area contributed by atoms with Crippen LogP contribution in [0.25, 0.3) is 0 Å². The van der Waals surface area contributed by atoms with Gasteiger partial charge in [-0.25, -0.2) is 9.97 Å². The smallest absolute Gasteiger partial charge is 0.267 e. The maximum atomic E-state index is 11.3. The van der Waals surface area contributed by atoms with Crippen LogP contribution in [-0.4, -0.2) is 15.0 Å². The summed E-state index contributed by atoms with van der Waals surface area (Å²) in [5.41, 5.74) is 2.60. The Morgan fingerprint density at radius 1 is 1.56 bits per heavy atom. The molecular weight excluding hydrogens is 292 g/mol. The molecule has 0 aromatic carbocycles. The first-order valence-electron chi connectivity index (χ1n) is 4.54. The van der Waals surface area contributed by atoms with Crippen molar-refractivity contribution in [2.75, 3.05) is 5.32 Å². The lowest BCUT2D eigenvalue weighted by Crippen LogP contribution is -2.11. The van der Waals surface area contributed by atoms with Gasteiger partial charge in [-0.2, -0.15) is 0 Å². The van der Waals surface area contributed by atoms with E-state index in [0.717, 1.165) is 10.6 Å². The minimum absolute atomic E-state index is 0.196. The van der Waals surface area contributed by atoms with Crippen molar-refractivity contribution in [2.24, 2.45) is 0 Å². The standard InChI is InChI=1S/C9H9BrN4OS/c1-5-6(16-4-14-5)2-11-8-7(10)9(15)13-3-12-8/h3-4H,2H2,1H3,(H2,11,12,13,15). The summed E-state index contributed by atoms with van der Waals surface area (Å²) in [5, 5.41) is 3.09. The number of anilines is 1. The molecule has 2 N–H and O–H groups in total. The second kappa shape index (κ2) is 4.75. The molecule has 16 heavy (non-hydrogen) atoms. The summed E-state index contributed by atoms with van der Waals surface area (Å²) in [6.45, 7) is 2.57. The lowest BCUT2D eigenvalue weighted by Gasteiger charge is -2.05. The van der Waals surface area contributed by atoms with Gasteiger partial charge in [-0.3, -0.25) is 4.79 Å². The number of hydrogen-bond donors (Lipinski definition) is 2. The molecule has 0 unspecified atom stereocenters. The molecule has 2 rings (SSSR count). The third kappa shape index (κ3) is 2.30. The SMILES string of the molecule is Cc1ncsc1CNc1nc[nH]c(=O)c1Br. The Morgan fingerprint density at radius 2 is 2.38 bits per heavy atom. The van der Waals surface area contributed by atoms with Crippen molar-refractivity contribution >= 4 is 33.1 Å². The summed E-state index contributed by atoms with van der Waals surface area (Å²) in [5.74, 6) is 0.538. The van der Waals surface area contributed by atoms with Gasteiger partial charge in [-0.05, 0) is 22.9 Å². The van der Waals surface area contributed by atoms with Gasteiger partial charge in [0.25, 0.3) is 5.56 Å². The van der Waals surface area contributed by atoms with E-state index in [1.165, 1.54) is 6.33 Å². The first-order valence-corrected chi connectivity index (χ1v) is 6.21. The van der Waals surface area contributed by atoms with Gasteiger partial charge in [-0.1, -0.05) is 0 Å². The number of aromatic amines is 1. The lowest BCUT2D eigenvalue weighted by molar-refractivity contribution is 1.04. The largest absolute Gasteiger partial charge is 0.364 e. The van der Waals surface area contributed by atoms with Crippen molar-refractivity contribution in [3.05, 3.63) is 37.2 Å². The molecule has 2 aromatic rings. The molecule has 0 aliphatic rings. The molecule has 84 valence electrons. The molecule has 0 radical (unpaired) electrons. The summed E-state index contributed by atoms with van der Waals surface area (Å²) in [4.78, 5) is 23.1. The van der Waals surface area contributed by atoms with Crippen molar-refractivity contribution in [2.45, 2.75) is 13.5 Å². The normalized spacial score (nSPS) is 10.4. The highest BCUT2D eigenvalue weighted by molar-refractivity contribution is 9.10. The Hall–Kier alpha value is -1.21. The van der Waals surface area contributed by atoms with Crippen molar-refractivity contribution < 1.29 is 0 Å². The number of hydrogen-bond acceptors (Lipinski definition) is 5. The summed E-state index contributed by atoms with van der Waals surface area (Å²) < 4.78 is 0.414. The second-order valence-electron chi connectivity index (χ2n) is 3.11. The van der Waals surface area contributed by atoms with Crippen LogP contribution in [0.1, 0.15) is 10.6 Å². The van der Waals surface area contributed by atoms with Crippen LogP contribution in [0.2, 0.25) is 0 Å². The van der Waals surface area contributed by atoms with E-state index in [2.05, 4.69) is 36.2 Å². The molecule has 2 aromatic heterocycles. The lowest BCUT2D eigenvalue weighted by atomic mass is 10.4. The molecule has 0 aliphatic heterocycles. The summed E-state index contributed by atoms with van der Waals surface area (Å²) in [6.07, 6.45) is 1.37. The Balaban J connectivity index is 2.14. The van der Waals surface area contributed by atoms with Gasteiger partial charge in [0.1, 0.15) is 10.3 Å². The molecule has 2 heterocycles. The predicted octanol–water partition coefficient (Wildman–Crippen LogP) is 1.91. The fourth-order valence-electron chi connectivity index (χ4n) is 1.17. The third-order valence-electron chi connectivity index (χ3n) is 2.06. The molecule has 0 atom stereocenters. The van der Waals surface area contributed by atoms with E-state index in [9.17, 15) is 4.79 Å². The van der Waals surface area contributed by atoms with E-state index in [0.29, 0.717) is 16.8 Å². The molecule has 7 heteroatoms. The zero-order chi connectivity index (χ0) is 11.5. The average molecular weight is 301 g/mol. The number of halogens is 1. The summed E-state index contributed by atoms with van der Waals surface area (Å²) in [6, 6.07) is 0. The van der Waals surface area contributed by atoms with Gasteiger partial charge in [0.05, 0.1) is 24.1 Å². The summed E-state index contributed by atoms with van der Waals surface area (Å²) >= 11 is 4.76. The molecule has 0 spiro atoms. The van der Waals surface area contributed by atoms with Gasteiger partial charge in [-0.15, -0.1) is 11.3 Å². The molecular formula is C9H9BrN4OS. The van der Waals surface area contributed by atoms with Crippen LogP contribution in [0.5, 0.6) is 0 Å².